The number of aryl methyl sites for hydroxylation is 2. The van der Waals surface area contributed by atoms with Crippen molar-refractivity contribution in [1.82, 2.24) is 24.6 Å². The van der Waals surface area contributed by atoms with Gasteiger partial charge in [-0.15, -0.1) is 0 Å². The quantitative estimate of drug-likeness (QED) is 0.606. The van der Waals surface area contributed by atoms with Gasteiger partial charge in [0.15, 0.2) is 12.4 Å². The smallest absolute Gasteiger partial charge is 0.408 e. The molecule has 2 N–H and O–H groups in total. The molecule has 0 fully saturated rings. The van der Waals surface area contributed by atoms with Gasteiger partial charge < -0.3 is 19.9 Å². The lowest BCUT2D eigenvalue weighted by Crippen LogP contribution is -2.31. The van der Waals surface area contributed by atoms with Crippen LogP contribution in [0.25, 0.3) is 0 Å². The van der Waals surface area contributed by atoms with E-state index in [0.29, 0.717) is 23.6 Å². The Hall–Kier alpha value is -3.40. The number of carbonyl (C=O) groups is 2. The minimum atomic E-state index is -0.578. The molecule has 1 atom stereocenters. The number of hydrogen-bond donors (Lipinski definition) is 2. The van der Waals surface area contributed by atoms with Gasteiger partial charge >= 0.3 is 6.09 Å². The molecular formula is C21H22ClFN6O3. The average molecular weight is 461 g/mol. The first-order valence-corrected chi connectivity index (χ1v) is 10.4. The van der Waals surface area contributed by atoms with E-state index in [2.05, 4.69) is 20.7 Å². The van der Waals surface area contributed by atoms with Crippen molar-refractivity contribution in [2.75, 3.05) is 5.32 Å². The minimum Gasteiger partial charge on any atom is -0.441 e. The van der Waals surface area contributed by atoms with Gasteiger partial charge in [-0.05, 0) is 48.6 Å². The number of nitrogens with zero attached hydrogens (tertiary/aromatic N) is 4. The van der Waals surface area contributed by atoms with E-state index in [4.69, 9.17) is 16.3 Å². The molecule has 9 nitrogen and oxygen atoms in total. The van der Waals surface area contributed by atoms with Crippen LogP contribution in [0.1, 0.15) is 46.3 Å². The summed E-state index contributed by atoms with van der Waals surface area (Å²) in [5.74, 6) is -0.479. The second kappa shape index (κ2) is 8.99. The molecule has 0 bridgehead atoms. The molecule has 32 heavy (non-hydrogen) atoms. The van der Waals surface area contributed by atoms with Gasteiger partial charge in [0.2, 0.25) is 0 Å². The minimum absolute atomic E-state index is 0.0328. The number of nitrogens with one attached hydrogen (secondary N) is 2. The SMILES string of the molecule is Cn1cnc(COC(=O)NC2CCCc3c2cn(C)c3C(=O)Nc2ccc(F)c(Cl)c2)n1. The van der Waals surface area contributed by atoms with E-state index in [9.17, 15) is 14.0 Å². The Bertz CT molecular complexity index is 1170. The number of hydrogen-bond acceptors (Lipinski definition) is 5. The molecule has 3 aromatic rings. The van der Waals surface area contributed by atoms with E-state index in [0.717, 1.165) is 24.0 Å². The molecule has 1 aliphatic rings. The molecule has 0 saturated heterocycles. The fraction of sp³-hybridized carbons (Fsp3) is 0.333. The summed E-state index contributed by atoms with van der Waals surface area (Å²) < 4.78 is 21.9. The van der Waals surface area contributed by atoms with Crippen LogP contribution >= 0.6 is 11.6 Å². The first-order valence-electron chi connectivity index (χ1n) is 10.0. The Morgan fingerprint density at radius 2 is 2.16 bits per heavy atom. The van der Waals surface area contributed by atoms with Gasteiger partial charge in [0.05, 0.1) is 11.1 Å². The monoisotopic (exact) mass is 460 g/mol. The summed E-state index contributed by atoms with van der Waals surface area (Å²) in [6, 6.07) is 3.73. The zero-order valence-corrected chi connectivity index (χ0v) is 18.3. The Labute approximate surface area is 188 Å². The molecule has 2 heterocycles. The topological polar surface area (TPSA) is 103 Å². The normalized spacial score (nSPS) is 15.2. The van der Waals surface area contributed by atoms with Crippen LogP contribution in [0, 0.1) is 5.82 Å². The lowest BCUT2D eigenvalue weighted by atomic mass is 9.89. The van der Waals surface area contributed by atoms with Gasteiger partial charge in [-0.2, -0.15) is 5.10 Å². The number of rotatable bonds is 5. The Morgan fingerprint density at radius 3 is 2.88 bits per heavy atom. The fourth-order valence-electron chi connectivity index (χ4n) is 3.88. The van der Waals surface area contributed by atoms with Crippen LogP contribution in [0.5, 0.6) is 0 Å². The second-order valence-electron chi connectivity index (χ2n) is 7.61. The molecule has 168 valence electrons. The van der Waals surface area contributed by atoms with Crippen LogP contribution in [0.3, 0.4) is 0 Å². The van der Waals surface area contributed by atoms with Gasteiger partial charge in [-0.25, -0.2) is 14.2 Å². The van der Waals surface area contributed by atoms with Crippen molar-refractivity contribution < 1.29 is 18.7 Å². The molecule has 0 radical (unpaired) electrons. The molecule has 0 aliphatic heterocycles. The van der Waals surface area contributed by atoms with Gasteiger partial charge in [0, 0.05) is 26.0 Å². The maximum atomic E-state index is 13.4. The summed E-state index contributed by atoms with van der Waals surface area (Å²) in [7, 11) is 3.50. The molecule has 0 saturated carbocycles. The van der Waals surface area contributed by atoms with Crippen molar-refractivity contribution in [3.63, 3.8) is 0 Å². The Balaban J connectivity index is 1.46. The standard InChI is InChI=1S/C21H22ClFN6O3/c1-28-9-14-13(19(28)20(30)25-12-6-7-16(23)15(22)8-12)4-3-5-17(14)26-21(31)32-10-18-24-11-29(2)27-18/h6-9,11,17H,3-5,10H2,1-2H3,(H,25,30)(H,26,31). The molecule has 2 aromatic heterocycles. The van der Waals surface area contributed by atoms with E-state index < -0.39 is 11.9 Å². The highest BCUT2D eigenvalue weighted by Crippen LogP contribution is 2.33. The summed E-state index contributed by atoms with van der Waals surface area (Å²) in [4.78, 5) is 29.3. The van der Waals surface area contributed by atoms with E-state index >= 15 is 0 Å². The number of aromatic nitrogens is 4. The third kappa shape index (κ3) is 4.59. The third-order valence-electron chi connectivity index (χ3n) is 5.28. The van der Waals surface area contributed by atoms with Crippen LogP contribution in [-0.4, -0.2) is 31.3 Å². The molecule has 1 aliphatic carbocycles. The molecule has 11 heteroatoms. The van der Waals surface area contributed by atoms with Crippen LogP contribution in [0.4, 0.5) is 14.9 Å². The lowest BCUT2D eigenvalue weighted by Gasteiger charge is -2.23. The van der Waals surface area contributed by atoms with E-state index in [1.165, 1.54) is 29.2 Å². The third-order valence-corrected chi connectivity index (χ3v) is 5.57. The highest BCUT2D eigenvalue weighted by molar-refractivity contribution is 6.31. The largest absolute Gasteiger partial charge is 0.441 e. The van der Waals surface area contributed by atoms with Gasteiger partial charge in [0.1, 0.15) is 17.8 Å². The van der Waals surface area contributed by atoms with Crippen molar-refractivity contribution in [1.29, 1.82) is 0 Å². The number of halogens is 2. The Kier molecular flexibility index (Phi) is 6.13. The number of carbonyl (C=O) groups excluding carboxylic acids is 2. The number of benzene rings is 1. The van der Waals surface area contributed by atoms with Crippen molar-refractivity contribution in [2.24, 2.45) is 14.1 Å². The summed E-state index contributed by atoms with van der Waals surface area (Å²) >= 11 is 5.81. The van der Waals surface area contributed by atoms with E-state index in [1.807, 2.05) is 6.20 Å². The molecule has 4 rings (SSSR count). The second-order valence-corrected chi connectivity index (χ2v) is 8.01. The van der Waals surface area contributed by atoms with Crippen molar-refractivity contribution in [3.8, 4) is 0 Å². The van der Waals surface area contributed by atoms with E-state index in [-0.39, 0.29) is 23.6 Å². The zero-order valence-electron chi connectivity index (χ0n) is 17.6. The summed E-state index contributed by atoms with van der Waals surface area (Å²) in [5.41, 5.74) is 2.61. The van der Waals surface area contributed by atoms with Crippen LogP contribution in [-0.2, 0) is 31.9 Å². The van der Waals surface area contributed by atoms with Crippen LogP contribution in [0.15, 0.2) is 30.7 Å². The fourth-order valence-corrected chi connectivity index (χ4v) is 4.06. The molecular weight excluding hydrogens is 439 g/mol. The van der Waals surface area contributed by atoms with Crippen LogP contribution < -0.4 is 10.6 Å². The number of amides is 2. The molecule has 0 spiro atoms. The number of fused-ring (bicyclic) bond motifs is 1. The maximum Gasteiger partial charge on any atom is 0.408 e. The predicted molar refractivity (Wildman–Crippen MR) is 115 cm³/mol. The first kappa shape index (κ1) is 21.8. The predicted octanol–water partition coefficient (Wildman–Crippen LogP) is 3.50. The molecule has 1 aromatic carbocycles. The zero-order chi connectivity index (χ0) is 22.8. The highest BCUT2D eigenvalue weighted by atomic mass is 35.5. The average Bonchev–Trinajstić information content (AvgIpc) is 3.32. The van der Waals surface area contributed by atoms with E-state index in [1.54, 1.807) is 18.7 Å². The Morgan fingerprint density at radius 1 is 1.34 bits per heavy atom. The summed E-state index contributed by atoms with van der Waals surface area (Å²) in [5, 5.41) is 9.63. The van der Waals surface area contributed by atoms with Crippen molar-refractivity contribution >= 4 is 29.3 Å². The summed E-state index contributed by atoms with van der Waals surface area (Å²) in [6.45, 7) is -0.0328. The van der Waals surface area contributed by atoms with Gasteiger partial charge in [0.25, 0.3) is 5.91 Å². The van der Waals surface area contributed by atoms with Crippen LogP contribution in [0.2, 0.25) is 5.02 Å². The molecule has 2 amide bonds. The number of alkyl carbamates (subject to hydrolysis) is 1. The lowest BCUT2D eigenvalue weighted by molar-refractivity contribution is 0.101. The molecule has 1 unspecified atom stereocenters. The summed E-state index contributed by atoms with van der Waals surface area (Å²) in [6.07, 6.45) is 5.02. The highest BCUT2D eigenvalue weighted by Gasteiger charge is 2.29. The van der Waals surface area contributed by atoms with Gasteiger partial charge in [-0.1, -0.05) is 11.6 Å². The van der Waals surface area contributed by atoms with Crippen molar-refractivity contribution in [2.45, 2.75) is 31.9 Å². The number of anilines is 1. The number of ether oxygens (including phenoxy) is 1. The maximum absolute atomic E-state index is 13.4. The van der Waals surface area contributed by atoms with Gasteiger partial charge in [-0.3, -0.25) is 9.48 Å². The first-order chi connectivity index (χ1) is 15.3. The van der Waals surface area contributed by atoms with Crippen molar-refractivity contribution in [3.05, 3.63) is 64.2 Å².